The van der Waals surface area contributed by atoms with Crippen molar-refractivity contribution in [1.29, 1.82) is 0 Å². The number of fused-ring (bicyclic) bond motifs is 1. The van der Waals surface area contributed by atoms with Gasteiger partial charge in [-0.2, -0.15) is 5.10 Å². The van der Waals surface area contributed by atoms with Crippen LogP contribution in [-0.2, 0) is 7.05 Å². The van der Waals surface area contributed by atoms with E-state index in [-0.39, 0.29) is 12.0 Å². The fourth-order valence-corrected chi connectivity index (χ4v) is 4.37. The Hall–Kier alpha value is -1.40. The molecule has 2 unspecified atom stereocenters. The van der Waals surface area contributed by atoms with E-state index in [1.807, 2.05) is 17.8 Å². The molecule has 3 rings (SSSR count). The molecule has 0 saturated heterocycles. The summed E-state index contributed by atoms with van der Waals surface area (Å²) in [6.45, 7) is 4.89. The molecule has 1 aliphatic rings. The number of aliphatic hydroxyl groups excluding tert-OH is 1. The number of thiophene rings is 1. The number of rotatable bonds is 4. The number of hydrogen-bond donors (Lipinski definition) is 2. The molecule has 5 nitrogen and oxygen atoms in total. The lowest BCUT2D eigenvalue weighted by atomic mass is 9.87. The van der Waals surface area contributed by atoms with E-state index < -0.39 is 0 Å². The predicted molar refractivity (Wildman–Crippen MR) is 93.0 cm³/mol. The minimum atomic E-state index is -0.199. The van der Waals surface area contributed by atoms with Crippen molar-refractivity contribution in [2.75, 3.05) is 6.54 Å². The van der Waals surface area contributed by atoms with Crippen LogP contribution in [0.25, 0.3) is 10.2 Å². The van der Waals surface area contributed by atoms with Crippen LogP contribution in [0.3, 0.4) is 0 Å². The molecule has 0 aliphatic heterocycles. The van der Waals surface area contributed by atoms with Crippen LogP contribution in [-0.4, -0.2) is 33.4 Å². The second-order valence-corrected chi connectivity index (χ2v) is 7.92. The summed E-state index contributed by atoms with van der Waals surface area (Å²) < 4.78 is 1.86. The number of amides is 1. The van der Waals surface area contributed by atoms with Gasteiger partial charge in [0.2, 0.25) is 0 Å². The number of hydrogen-bond acceptors (Lipinski definition) is 4. The van der Waals surface area contributed by atoms with Crippen molar-refractivity contribution >= 4 is 27.5 Å². The summed E-state index contributed by atoms with van der Waals surface area (Å²) in [7, 11) is 1.93. The Balaban J connectivity index is 1.70. The van der Waals surface area contributed by atoms with E-state index in [4.69, 9.17) is 0 Å². The number of nitrogens with one attached hydrogen (secondary N) is 1. The van der Waals surface area contributed by atoms with Gasteiger partial charge in [-0.15, -0.1) is 11.3 Å². The van der Waals surface area contributed by atoms with Gasteiger partial charge in [-0.1, -0.05) is 20.3 Å². The highest BCUT2D eigenvalue weighted by atomic mass is 32.1. The molecule has 0 spiro atoms. The van der Waals surface area contributed by atoms with Gasteiger partial charge in [-0.05, 0) is 37.2 Å². The van der Waals surface area contributed by atoms with E-state index in [9.17, 15) is 9.90 Å². The molecule has 23 heavy (non-hydrogen) atoms. The highest BCUT2D eigenvalue weighted by Gasteiger charge is 2.22. The lowest BCUT2D eigenvalue weighted by Crippen LogP contribution is -2.32. The fourth-order valence-electron chi connectivity index (χ4n) is 3.38. The van der Waals surface area contributed by atoms with E-state index >= 15 is 0 Å². The van der Waals surface area contributed by atoms with Crippen LogP contribution in [0.1, 0.15) is 60.8 Å². The van der Waals surface area contributed by atoms with Crippen molar-refractivity contribution in [3.05, 3.63) is 16.6 Å². The van der Waals surface area contributed by atoms with Gasteiger partial charge in [0.25, 0.3) is 5.91 Å². The molecule has 2 atom stereocenters. The van der Waals surface area contributed by atoms with E-state index in [1.165, 1.54) is 11.3 Å². The van der Waals surface area contributed by atoms with Gasteiger partial charge < -0.3 is 10.4 Å². The van der Waals surface area contributed by atoms with E-state index in [1.54, 1.807) is 0 Å². The molecule has 1 saturated carbocycles. The summed E-state index contributed by atoms with van der Waals surface area (Å²) in [5.74, 6) is 0.721. The molecule has 0 bridgehead atoms. The Morgan fingerprint density at radius 2 is 2.30 bits per heavy atom. The highest BCUT2D eigenvalue weighted by molar-refractivity contribution is 7.20. The zero-order valence-corrected chi connectivity index (χ0v) is 14.8. The van der Waals surface area contributed by atoms with Crippen molar-refractivity contribution in [3.63, 3.8) is 0 Å². The third-order valence-corrected chi connectivity index (χ3v) is 5.82. The first-order chi connectivity index (χ1) is 11.0. The summed E-state index contributed by atoms with van der Waals surface area (Å²) >= 11 is 1.50. The van der Waals surface area contributed by atoms with Crippen molar-refractivity contribution in [2.45, 2.75) is 51.6 Å². The SMILES string of the molecule is CC(C)c1nn(C)c2sc(C(=O)NCC3CCCC(O)C3)cc12. The average molecular weight is 335 g/mol. The number of aromatic nitrogens is 2. The van der Waals surface area contributed by atoms with Gasteiger partial charge >= 0.3 is 0 Å². The molecular formula is C17H25N3O2S. The summed E-state index contributed by atoms with van der Waals surface area (Å²) in [5.41, 5.74) is 1.05. The van der Waals surface area contributed by atoms with Crippen molar-refractivity contribution < 1.29 is 9.90 Å². The first kappa shape index (κ1) is 16.5. The Morgan fingerprint density at radius 3 is 3.00 bits per heavy atom. The molecular weight excluding hydrogens is 310 g/mol. The van der Waals surface area contributed by atoms with Gasteiger partial charge in [0.05, 0.1) is 16.7 Å². The number of carbonyl (C=O) groups is 1. The first-order valence-corrected chi connectivity index (χ1v) is 9.20. The number of aryl methyl sites for hydroxylation is 1. The van der Waals surface area contributed by atoms with Gasteiger partial charge in [0, 0.05) is 19.0 Å². The Bertz CT molecular complexity index is 704. The number of carbonyl (C=O) groups excluding carboxylic acids is 1. The molecule has 2 heterocycles. The molecule has 1 aliphatic carbocycles. The minimum Gasteiger partial charge on any atom is -0.393 e. The largest absolute Gasteiger partial charge is 0.393 e. The molecule has 1 fully saturated rings. The van der Waals surface area contributed by atoms with Gasteiger partial charge in [0.15, 0.2) is 0 Å². The second-order valence-electron chi connectivity index (χ2n) is 6.89. The maximum Gasteiger partial charge on any atom is 0.261 e. The Kier molecular flexibility index (Phi) is 4.73. The third kappa shape index (κ3) is 3.43. The van der Waals surface area contributed by atoms with Crippen LogP contribution in [0.2, 0.25) is 0 Å². The summed E-state index contributed by atoms with van der Waals surface area (Å²) in [6, 6.07) is 1.97. The molecule has 2 N–H and O–H groups in total. The normalized spacial score (nSPS) is 22.0. The summed E-state index contributed by atoms with van der Waals surface area (Å²) in [5, 5.41) is 18.4. The standard InChI is InChI=1S/C17H25N3O2S/c1-10(2)15-13-8-14(23-17(13)20(3)19-15)16(22)18-9-11-5-4-6-12(21)7-11/h8,10-12,21H,4-7,9H2,1-3H3,(H,18,22). The van der Waals surface area contributed by atoms with Gasteiger partial charge in [0.1, 0.15) is 4.83 Å². The molecule has 1 amide bonds. The molecule has 0 aromatic carbocycles. The topological polar surface area (TPSA) is 67.2 Å². The molecule has 0 radical (unpaired) electrons. The highest BCUT2D eigenvalue weighted by Crippen LogP contribution is 2.31. The van der Waals surface area contributed by atoms with Crippen LogP contribution in [0.4, 0.5) is 0 Å². The van der Waals surface area contributed by atoms with Crippen molar-refractivity contribution in [3.8, 4) is 0 Å². The van der Waals surface area contributed by atoms with E-state index in [2.05, 4.69) is 24.3 Å². The Morgan fingerprint density at radius 1 is 1.52 bits per heavy atom. The molecule has 2 aromatic rings. The smallest absolute Gasteiger partial charge is 0.261 e. The van der Waals surface area contributed by atoms with Crippen LogP contribution in [0, 0.1) is 5.92 Å². The van der Waals surface area contributed by atoms with Crippen LogP contribution < -0.4 is 5.32 Å². The minimum absolute atomic E-state index is 0.0130. The maximum atomic E-state index is 12.4. The van der Waals surface area contributed by atoms with Crippen molar-refractivity contribution in [1.82, 2.24) is 15.1 Å². The number of nitrogens with zero attached hydrogens (tertiary/aromatic N) is 2. The zero-order chi connectivity index (χ0) is 16.6. The molecule has 6 heteroatoms. The monoisotopic (exact) mass is 335 g/mol. The lowest BCUT2D eigenvalue weighted by Gasteiger charge is -2.25. The quantitative estimate of drug-likeness (QED) is 0.902. The van der Waals surface area contributed by atoms with Crippen molar-refractivity contribution in [2.24, 2.45) is 13.0 Å². The predicted octanol–water partition coefficient (Wildman–Crippen LogP) is 3.04. The van der Waals surface area contributed by atoms with Gasteiger partial charge in [-0.3, -0.25) is 9.48 Å². The second kappa shape index (κ2) is 6.61. The van der Waals surface area contributed by atoms with Crippen LogP contribution >= 0.6 is 11.3 Å². The van der Waals surface area contributed by atoms with Crippen LogP contribution in [0.15, 0.2) is 6.07 Å². The fraction of sp³-hybridized carbons (Fsp3) is 0.647. The summed E-state index contributed by atoms with van der Waals surface area (Å²) in [6.07, 6.45) is 3.63. The summed E-state index contributed by atoms with van der Waals surface area (Å²) in [4.78, 5) is 14.2. The van der Waals surface area contributed by atoms with Gasteiger partial charge in [-0.25, -0.2) is 0 Å². The van der Waals surface area contributed by atoms with Crippen LogP contribution in [0.5, 0.6) is 0 Å². The van der Waals surface area contributed by atoms with E-state index in [0.29, 0.717) is 18.4 Å². The van der Waals surface area contributed by atoms with E-state index in [0.717, 1.165) is 46.5 Å². The lowest BCUT2D eigenvalue weighted by molar-refractivity contribution is 0.0876. The third-order valence-electron chi connectivity index (χ3n) is 4.62. The number of aliphatic hydroxyl groups is 1. The molecule has 2 aromatic heterocycles. The maximum absolute atomic E-state index is 12.4. The zero-order valence-electron chi connectivity index (χ0n) is 14.0. The average Bonchev–Trinajstić information content (AvgIpc) is 3.06. The molecule has 126 valence electrons. The Labute approximate surface area is 140 Å². The first-order valence-electron chi connectivity index (χ1n) is 8.38.